The minimum Gasteiger partial charge on any atom is -0.497 e. The molecule has 0 N–H and O–H groups in total. The number of hydrogen-bond acceptors (Lipinski definition) is 9. The number of methoxy groups -OCH3 is 3. The number of carbonyl (C=O) groups is 3. The Labute approximate surface area is 196 Å². The molecule has 0 aliphatic rings. The summed E-state index contributed by atoms with van der Waals surface area (Å²) in [5.74, 6) is -1.03. The zero-order chi connectivity index (χ0) is 24.5. The zero-order valence-electron chi connectivity index (χ0n) is 18.7. The molecule has 0 spiro atoms. The molecule has 0 atom stereocenters. The van der Waals surface area contributed by atoms with Gasteiger partial charge in [0.1, 0.15) is 17.2 Å². The smallest absolute Gasteiger partial charge is 0.497 e. The first-order chi connectivity index (χ1) is 16.4. The van der Waals surface area contributed by atoms with E-state index >= 15 is 0 Å². The van der Waals surface area contributed by atoms with Crippen LogP contribution in [0.3, 0.4) is 0 Å². The highest BCUT2D eigenvalue weighted by Crippen LogP contribution is 2.17. The van der Waals surface area contributed by atoms with E-state index in [0.717, 1.165) is 0 Å². The first-order valence-electron chi connectivity index (χ1n) is 9.98. The van der Waals surface area contributed by atoms with Gasteiger partial charge in [0.25, 0.3) is 0 Å². The van der Waals surface area contributed by atoms with Crippen molar-refractivity contribution in [2.45, 2.75) is 0 Å². The molecule has 3 aromatic carbocycles. The van der Waals surface area contributed by atoms with Crippen molar-refractivity contribution < 1.29 is 42.6 Å². The molecule has 9 nitrogen and oxygen atoms in total. The van der Waals surface area contributed by atoms with Crippen molar-refractivity contribution >= 4 is 25.2 Å². The Bertz CT molecular complexity index is 980. The molecule has 174 valence electrons. The topological polar surface area (TPSA) is 107 Å². The highest BCUT2D eigenvalue weighted by Gasteiger charge is 2.37. The van der Waals surface area contributed by atoms with E-state index < -0.39 is 25.2 Å². The summed E-state index contributed by atoms with van der Waals surface area (Å²) in [6.45, 7) is 0. The van der Waals surface area contributed by atoms with Crippen LogP contribution in [-0.4, -0.2) is 46.6 Å². The van der Waals surface area contributed by atoms with E-state index in [1.54, 1.807) is 36.4 Å². The Kier molecular flexibility index (Phi) is 8.12. The Balaban J connectivity index is 1.77. The largest absolute Gasteiger partial charge is 0.870 e. The van der Waals surface area contributed by atoms with E-state index in [9.17, 15) is 14.4 Å². The summed E-state index contributed by atoms with van der Waals surface area (Å²) >= 11 is 0. The van der Waals surface area contributed by atoms with Gasteiger partial charge in [-0.25, -0.2) is 14.4 Å². The quantitative estimate of drug-likeness (QED) is 0.440. The molecule has 0 heterocycles. The maximum absolute atomic E-state index is 12.6. The summed E-state index contributed by atoms with van der Waals surface area (Å²) in [6.07, 6.45) is 0. The normalized spacial score (nSPS) is 9.97. The van der Waals surface area contributed by atoms with Gasteiger partial charge in [-0.3, -0.25) is 0 Å². The summed E-state index contributed by atoms with van der Waals surface area (Å²) in [5, 5.41) is 0. The number of hydrogen-bond donors (Lipinski definition) is 0. The molecule has 0 bridgehead atoms. The van der Waals surface area contributed by atoms with Gasteiger partial charge in [-0.05, 0) is 72.8 Å². The fourth-order valence-corrected chi connectivity index (χ4v) is 2.72. The summed E-state index contributed by atoms with van der Waals surface area (Å²) < 4.78 is 30.7. The van der Waals surface area contributed by atoms with Crippen molar-refractivity contribution in [1.29, 1.82) is 0 Å². The zero-order valence-corrected chi connectivity index (χ0v) is 18.7. The van der Waals surface area contributed by atoms with Gasteiger partial charge in [0.05, 0.1) is 38.0 Å². The maximum Gasteiger partial charge on any atom is 0.870 e. The molecule has 0 aromatic heterocycles. The lowest BCUT2D eigenvalue weighted by Crippen LogP contribution is -2.35. The maximum atomic E-state index is 12.6. The van der Waals surface area contributed by atoms with Crippen molar-refractivity contribution in [3.8, 4) is 17.2 Å². The van der Waals surface area contributed by atoms with Gasteiger partial charge in [-0.1, -0.05) is 0 Å². The molecule has 0 radical (unpaired) electrons. The molecule has 0 fully saturated rings. The van der Waals surface area contributed by atoms with Crippen LogP contribution in [0.15, 0.2) is 72.8 Å². The summed E-state index contributed by atoms with van der Waals surface area (Å²) in [6, 6.07) is 18.0. The molecule has 0 amide bonds. The number of carbonyl (C=O) groups excluding carboxylic acids is 3. The van der Waals surface area contributed by atoms with Crippen LogP contribution in [0.25, 0.3) is 0 Å². The lowest BCUT2D eigenvalue weighted by Gasteiger charge is -2.14. The monoisotopic (exact) mass is 464 g/mol. The van der Waals surface area contributed by atoms with Crippen molar-refractivity contribution in [1.82, 2.24) is 0 Å². The van der Waals surface area contributed by atoms with E-state index in [4.69, 9.17) is 28.2 Å². The van der Waals surface area contributed by atoms with Gasteiger partial charge in [0.2, 0.25) is 0 Å². The lowest BCUT2D eigenvalue weighted by atomic mass is 10.1. The molecule has 0 saturated carbocycles. The molecule has 34 heavy (non-hydrogen) atoms. The lowest BCUT2D eigenvalue weighted by molar-refractivity contribution is 0.0410. The van der Waals surface area contributed by atoms with E-state index in [2.05, 4.69) is 0 Å². The molecule has 10 heteroatoms. The van der Waals surface area contributed by atoms with Crippen molar-refractivity contribution in [3.05, 3.63) is 89.5 Å². The Morgan fingerprint density at radius 3 is 0.912 bits per heavy atom. The van der Waals surface area contributed by atoms with Crippen LogP contribution in [0.5, 0.6) is 17.2 Å². The highest BCUT2D eigenvalue weighted by atomic mass is 16.8. The van der Waals surface area contributed by atoms with Crippen molar-refractivity contribution in [3.63, 3.8) is 0 Å². The van der Waals surface area contributed by atoms with Crippen LogP contribution in [0.2, 0.25) is 0 Å². The van der Waals surface area contributed by atoms with Crippen molar-refractivity contribution in [2.75, 3.05) is 21.3 Å². The van der Waals surface area contributed by atoms with Crippen LogP contribution in [0.1, 0.15) is 31.1 Å². The first-order valence-corrected chi connectivity index (χ1v) is 9.98. The Hall–Kier alpha value is -4.47. The average molecular weight is 464 g/mol. The standard InChI is InChI=1S/C24H21BO9/c1-29-19-10-4-16(5-11-19)22(26)32-25(33-23(27)17-6-12-20(30-2)13-7-17)34-24(28)18-8-14-21(31-3)15-9-18/h4-15H,1-3H3. The van der Waals surface area contributed by atoms with Gasteiger partial charge in [-0.2, -0.15) is 0 Å². The second-order valence-electron chi connectivity index (χ2n) is 6.69. The van der Waals surface area contributed by atoms with Crippen LogP contribution >= 0.6 is 0 Å². The molecule has 0 aliphatic heterocycles. The fourth-order valence-electron chi connectivity index (χ4n) is 2.72. The van der Waals surface area contributed by atoms with Crippen molar-refractivity contribution in [2.24, 2.45) is 0 Å². The van der Waals surface area contributed by atoms with Gasteiger partial charge in [0.15, 0.2) is 0 Å². The van der Waals surface area contributed by atoms with Gasteiger partial charge >= 0.3 is 25.2 Å². The third-order valence-electron chi connectivity index (χ3n) is 4.59. The molecular weight excluding hydrogens is 443 g/mol. The second-order valence-corrected chi connectivity index (χ2v) is 6.69. The molecule has 3 rings (SSSR count). The Morgan fingerprint density at radius 1 is 0.471 bits per heavy atom. The molecular formula is C24H21BO9. The first kappa shape index (κ1) is 24.2. The molecule has 0 saturated heterocycles. The minimum atomic E-state index is -1.95. The number of benzene rings is 3. The predicted molar refractivity (Wildman–Crippen MR) is 121 cm³/mol. The Morgan fingerprint density at radius 2 is 0.706 bits per heavy atom. The summed E-state index contributed by atoms with van der Waals surface area (Å²) in [7, 11) is 2.51. The summed E-state index contributed by atoms with van der Waals surface area (Å²) in [4.78, 5) is 37.7. The molecule has 3 aromatic rings. The van der Waals surface area contributed by atoms with Crippen LogP contribution < -0.4 is 14.2 Å². The van der Waals surface area contributed by atoms with Crippen LogP contribution in [0.4, 0.5) is 0 Å². The van der Waals surface area contributed by atoms with E-state index in [1.807, 2.05) is 0 Å². The van der Waals surface area contributed by atoms with Crippen LogP contribution in [0, 0.1) is 0 Å². The van der Waals surface area contributed by atoms with E-state index in [1.165, 1.54) is 57.7 Å². The van der Waals surface area contributed by atoms with Gasteiger partial charge < -0.3 is 28.2 Å². The van der Waals surface area contributed by atoms with E-state index in [0.29, 0.717) is 17.2 Å². The second kappa shape index (κ2) is 11.4. The third kappa shape index (κ3) is 6.29. The summed E-state index contributed by atoms with van der Waals surface area (Å²) in [5.41, 5.74) is 0.394. The fraction of sp³-hybridized carbons (Fsp3) is 0.125. The van der Waals surface area contributed by atoms with Gasteiger partial charge in [0, 0.05) is 0 Å². The van der Waals surface area contributed by atoms with Gasteiger partial charge in [-0.15, -0.1) is 0 Å². The average Bonchev–Trinajstić information content (AvgIpc) is 2.88. The van der Waals surface area contributed by atoms with Crippen LogP contribution in [-0.2, 0) is 14.0 Å². The number of rotatable bonds is 9. The molecule has 0 unspecified atom stereocenters. The minimum absolute atomic E-state index is 0.131. The SMILES string of the molecule is COc1ccc(C(=O)OB(OC(=O)c2ccc(OC)cc2)OC(=O)c2ccc(OC)cc2)cc1. The number of ether oxygens (including phenoxy) is 3. The van der Waals surface area contributed by atoms with E-state index in [-0.39, 0.29) is 16.7 Å². The highest BCUT2D eigenvalue weighted by molar-refractivity contribution is 6.45. The molecule has 0 aliphatic carbocycles. The predicted octanol–water partition coefficient (Wildman–Crippen LogP) is 3.57. The third-order valence-corrected chi connectivity index (χ3v) is 4.59.